The van der Waals surface area contributed by atoms with Crippen LogP contribution in [0.4, 0.5) is 10.7 Å². The first-order valence-corrected chi connectivity index (χ1v) is 17.1. The van der Waals surface area contributed by atoms with Crippen molar-refractivity contribution in [2.75, 3.05) is 31.1 Å². The summed E-state index contributed by atoms with van der Waals surface area (Å²) < 4.78 is 41.0. The number of aliphatic hydroxyl groups excluding tert-OH is 1. The van der Waals surface area contributed by atoms with Crippen molar-refractivity contribution >= 4 is 22.1 Å². The maximum atomic E-state index is 13.3. The van der Waals surface area contributed by atoms with Crippen LogP contribution in [0.3, 0.4) is 0 Å². The van der Waals surface area contributed by atoms with Gasteiger partial charge in [-0.25, -0.2) is 22.9 Å². The van der Waals surface area contributed by atoms with Gasteiger partial charge in [0.2, 0.25) is 11.8 Å². The number of aliphatic hydroxyl groups is 1. The molecule has 0 aliphatic carbocycles. The van der Waals surface area contributed by atoms with Gasteiger partial charge in [0.1, 0.15) is 12.2 Å². The van der Waals surface area contributed by atoms with Gasteiger partial charge in [0, 0.05) is 36.8 Å². The third kappa shape index (κ3) is 8.95. The van der Waals surface area contributed by atoms with Crippen molar-refractivity contribution < 1.29 is 27.8 Å². The van der Waals surface area contributed by atoms with Crippen LogP contribution in [0.25, 0.3) is 11.3 Å². The van der Waals surface area contributed by atoms with Crippen LogP contribution in [0.5, 0.6) is 5.88 Å². The van der Waals surface area contributed by atoms with Crippen LogP contribution in [-0.2, 0) is 14.8 Å². The van der Waals surface area contributed by atoms with Gasteiger partial charge in [0.05, 0.1) is 17.3 Å². The Kier molecular flexibility index (Phi) is 11.0. The molecule has 1 aromatic heterocycles. The molecule has 2 aromatic carbocycles. The Balaban J connectivity index is 1.61. The first-order chi connectivity index (χ1) is 21.6. The fourth-order valence-corrected chi connectivity index (χ4v) is 6.60. The second-order valence-corrected chi connectivity index (χ2v) is 15.1. The first kappa shape index (κ1) is 35.1. The van der Waals surface area contributed by atoms with Gasteiger partial charge in [-0.15, -0.1) is 0 Å². The minimum atomic E-state index is -3.98. The molecule has 1 amide bonds. The van der Waals surface area contributed by atoms with Gasteiger partial charge in [-0.3, -0.25) is 4.90 Å². The van der Waals surface area contributed by atoms with Crippen molar-refractivity contribution in [1.82, 2.24) is 19.8 Å². The smallest absolute Gasteiger partial charge is 0.410 e. The van der Waals surface area contributed by atoms with Crippen LogP contribution in [0.2, 0.25) is 0 Å². The molecule has 1 aliphatic rings. The highest BCUT2D eigenvalue weighted by Crippen LogP contribution is 2.30. The predicted octanol–water partition coefficient (Wildman–Crippen LogP) is 5.53. The van der Waals surface area contributed by atoms with Crippen molar-refractivity contribution in [1.29, 1.82) is 0 Å². The second-order valence-electron chi connectivity index (χ2n) is 13.4. The molecule has 1 fully saturated rings. The summed E-state index contributed by atoms with van der Waals surface area (Å²) >= 11 is 0. The van der Waals surface area contributed by atoms with E-state index in [4.69, 9.17) is 9.47 Å². The number of aromatic nitrogens is 2. The van der Waals surface area contributed by atoms with E-state index in [1.807, 2.05) is 70.7 Å². The van der Waals surface area contributed by atoms with E-state index in [1.54, 1.807) is 23.1 Å². The number of sulfonamides is 1. The van der Waals surface area contributed by atoms with Gasteiger partial charge >= 0.3 is 6.09 Å². The number of rotatable bonds is 12. The number of carbonyl (C=O) groups excluding carboxylic acids is 1. The van der Waals surface area contributed by atoms with Crippen LogP contribution < -0.4 is 9.46 Å². The van der Waals surface area contributed by atoms with Gasteiger partial charge in [-0.1, -0.05) is 44.2 Å². The summed E-state index contributed by atoms with van der Waals surface area (Å²) in [7, 11) is -3.98. The summed E-state index contributed by atoms with van der Waals surface area (Å²) in [6, 6.07) is 13.9. The predicted molar refractivity (Wildman–Crippen MR) is 178 cm³/mol. The fraction of sp³-hybridized carbons (Fsp3) is 0.500. The molecule has 2 N–H and O–H groups in total. The lowest BCUT2D eigenvalue weighted by atomic mass is 9.99. The van der Waals surface area contributed by atoms with Gasteiger partial charge in [-0.05, 0) is 82.7 Å². The number of ether oxygens (including phenoxy) is 2. The standard InChI is InChI=1S/C34H47N5O6S/c1-22(2)15-26(39(21-40)27-18-38(19-27)33(41)45-34(6,7)8)20-44-30-17-29(31-24(4)12-10-13-25(31)5)35-32(36-30)37-46(42,43)28-14-9-11-23(3)16-28/h9-14,16-17,22,26-27,40H,15,18-21H2,1-8H3,(H,35,36,37)/t26-/m1/s1. The van der Waals surface area contributed by atoms with E-state index in [1.165, 1.54) is 6.07 Å². The highest BCUT2D eigenvalue weighted by molar-refractivity contribution is 7.92. The zero-order valence-corrected chi connectivity index (χ0v) is 28.9. The topological polar surface area (TPSA) is 134 Å². The number of carbonyl (C=O) groups is 1. The molecule has 0 bridgehead atoms. The van der Waals surface area contributed by atoms with Crippen LogP contribution in [-0.4, -0.2) is 83.5 Å². The summed E-state index contributed by atoms with van der Waals surface area (Å²) in [5, 5.41) is 10.4. The minimum Gasteiger partial charge on any atom is -0.476 e. The highest BCUT2D eigenvalue weighted by atomic mass is 32.2. The summed E-state index contributed by atoms with van der Waals surface area (Å²) in [4.78, 5) is 25.3. The number of amides is 1. The summed E-state index contributed by atoms with van der Waals surface area (Å²) in [6.07, 6.45) is 0.338. The van der Waals surface area contributed by atoms with Crippen molar-refractivity contribution in [3.05, 3.63) is 65.2 Å². The molecule has 4 rings (SSSR count). The van der Waals surface area contributed by atoms with Gasteiger partial charge in [-0.2, -0.15) is 4.98 Å². The third-order valence-corrected chi connectivity index (χ3v) is 9.07. The number of hydrogen-bond donors (Lipinski definition) is 2. The Morgan fingerprint density at radius 3 is 2.30 bits per heavy atom. The molecule has 0 saturated carbocycles. The molecule has 3 aromatic rings. The zero-order chi connectivity index (χ0) is 33.8. The second kappa shape index (κ2) is 14.4. The number of likely N-dealkylation sites (tertiary alicyclic amines) is 1. The number of anilines is 1. The van der Waals surface area contributed by atoms with E-state index in [0.29, 0.717) is 25.2 Å². The Bertz CT molecular complexity index is 1610. The van der Waals surface area contributed by atoms with Crippen LogP contribution in [0, 0.1) is 26.7 Å². The van der Waals surface area contributed by atoms with Crippen LogP contribution in [0.15, 0.2) is 53.4 Å². The molecule has 1 saturated heterocycles. The minimum absolute atomic E-state index is 0.0721. The molecule has 46 heavy (non-hydrogen) atoms. The molecule has 1 aliphatic heterocycles. The van der Waals surface area contributed by atoms with Gasteiger partial charge in [0.15, 0.2) is 0 Å². The van der Waals surface area contributed by atoms with Crippen molar-refractivity contribution in [3.63, 3.8) is 0 Å². The molecule has 1 atom stereocenters. The molecule has 2 heterocycles. The molecular formula is C34H47N5O6S. The number of nitrogens with one attached hydrogen (secondary N) is 1. The average Bonchev–Trinajstić information content (AvgIpc) is 2.91. The molecule has 12 heteroatoms. The Morgan fingerprint density at radius 1 is 1.07 bits per heavy atom. The van der Waals surface area contributed by atoms with Gasteiger partial charge in [0.25, 0.3) is 10.0 Å². The Morgan fingerprint density at radius 2 is 1.72 bits per heavy atom. The summed E-state index contributed by atoms with van der Waals surface area (Å²) in [6.45, 7) is 16.3. The normalized spacial score (nSPS) is 14.7. The molecular weight excluding hydrogens is 606 g/mol. The van der Waals surface area contributed by atoms with Crippen LogP contribution >= 0.6 is 0 Å². The van der Waals surface area contributed by atoms with E-state index in [9.17, 15) is 18.3 Å². The number of nitrogens with zero attached hydrogens (tertiary/aromatic N) is 4. The molecule has 11 nitrogen and oxygen atoms in total. The van der Waals surface area contributed by atoms with E-state index < -0.39 is 15.6 Å². The SMILES string of the molecule is Cc1cccc(S(=O)(=O)Nc2nc(OC[C@@H](CC(C)C)N(CO)C3CN(C(=O)OC(C)(C)C)C3)cc(-c3c(C)cccc3C)n2)c1. The van der Waals surface area contributed by atoms with E-state index in [0.717, 1.165) is 22.3 Å². The highest BCUT2D eigenvalue weighted by Gasteiger charge is 2.39. The van der Waals surface area contributed by atoms with Crippen LogP contribution in [0.1, 0.15) is 57.7 Å². The summed E-state index contributed by atoms with van der Waals surface area (Å²) in [5.74, 6) is 0.380. The maximum Gasteiger partial charge on any atom is 0.410 e. The van der Waals surface area contributed by atoms with Crippen molar-refractivity contribution in [2.24, 2.45) is 5.92 Å². The monoisotopic (exact) mass is 653 g/mol. The number of benzene rings is 2. The Labute approximate surface area is 273 Å². The lowest BCUT2D eigenvalue weighted by Gasteiger charge is -2.47. The summed E-state index contributed by atoms with van der Waals surface area (Å²) in [5.41, 5.74) is 3.55. The van der Waals surface area contributed by atoms with E-state index in [2.05, 4.69) is 28.5 Å². The quantitative estimate of drug-likeness (QED) is 0.242. The first-order valence-electron chi connectivity index (χ1n) is 15.6. The van der Waals surface area contributed by atoms with Gasteiger partial charge < -0.3 is 19.5 Å². The van der Waals surface area contributed by atoms with Crippen molar-refractivity contribution in [2.45, 2.75) is 84.4 Å². The fourth-order valence-electron chi connectivity index (χ4n) is 5.55. The zero-order valence-electron chi connectivity index (χ0n) is 28.1. The van der Waals surface area contributed by atoms with E-state index in [-0.39, 0.29) is 54.2 Å². The Hall–Kier alpha value is -3.74. The molecule has 250 valence electrons. The largest absolute Gasteiger partial charge is 0.476 e. The van der Waals surface area contributed by atoms with E-state index >= 15 is 0 Å². The number of aryl methyl sites for hydroxylation is 3. The maximum absolute atomic E-state index is 13.3. The number of hydrogen-bond acceptors (Lipinski definition) is 9. The lowest BCUT2D eigenvalue weighted by Crippen LogP contribution is -2.64. The molecule has 0 radical (unpaired) electrons. The average molecular weight is 654 g/mol. The lowest BCUT2D eigenvalue weighted by molar-refractivity contribution is -0.0614. The third-order valence-electron chi connectivity index (χ3n) is 7.75. The molecule has 0 spiro atoms. The van der Waals surface area contributed by atoms with Crippen molar-refractivity contribution in [3.8, 4) is 17.1 Å². The molecule has 0 unspecified atom stereocenters.